The maximum Gasteiger partial charge on any atom is 0.304 e. The Hall–Kier alpha value is -0.620. The predicted octanol–water partition coefficient (Wildman–Crippen LogP) is -1.17. The Bertz CT molecular complexity index is 297. The molecule has 0 aromatic heterocycles. The molecule has 0 aromatic rings. The summed E-state index contributed by atoms with van der Waals surface area (Å²) in [6.07, 6.45) is 1.45. The van der Waals surface area contributed by atoms with Gasteiger partial charge in [0.15, 0.2) is 0 Å². The molecule has 2 heterocycles. The number of hydrogen-bond acceptors (Lipinski definition) is 3. The van der Waals surface area contributed by atoms with Crippen molar-refractivity contribution in [3.8, 4) is 0 Å². The first-order valence-corrected chi connectivity index (χ1v) is 4.89. The zero-order valence-electron chi connectivity index (χ0n) is 5.78. The van der Waals surface area contributed by atoms with Gasteiger partial charge in [-0.05, 0) is 12.8 Å². The third-order valence-electron chi connectivity index (χ3n) is 2.04. The lowest BCUT2D eigenvalue weighted by Gasteiger charge is -2.07. The molecule has 0 aromatic carbocycles. The number of amides is 1. The minimum Gasteiger partial charge on any atom is -0.272 e. The normalized spacial score (nSPS) is 35.3. The van der Waals surface area contributed by atoms with E-state index < -0.39 is 16.3 Å². The Morgan fingerprint density at radius 3 is 2.91 bits per heavy atom. The van der Waals surface area contributed by atoms with E-state index >= 15 is 0 Å². The summed E-state index contributed by atoms with van der Waals surface area (Å²) in [5, 5.41) is 0. The van der Waals surface area contributed by atoms with E-state index in [1.807, 2.05) is 4.72 Å². The molecule has 62 valence electrons. The summed E-state index contributed by atoms with van der Waals surface area (Å²) in [5.41, 5.74) is 0. The van der Waals surface area contributed by atoms with Crippen LogP contribution >= 0.6 is 0 Å². The summed E-state index contributed by atoms with van der Waals surface area (Å²) in [6.45, 7) is 0.478. The quantitative estimate of drug-likeness (QED) is 0.505. The molecular formula is C5H8N2O3S. The number of nitrogens with one attached hydrogen (secondary N) is 1. The maximum absolute atomic E-state index is 11.0. The van der Waals surface area contributed by atoms with Crippen LogP contribution in [0.2, 0.25) is 0 Å². The van der Waals surface area contributed by atoms with Crippen LogP contribution in [0.5, 0.6) is 0 Å². The van der Waals surface area contributed by atoms with E-state index in [0.717, 1.165) is 6.42 Å². The molecule has 0 saturated carbocycles. The summed E-state index contributed by atoms with van der Waals surface area (Å²) in [7, 11) is -3.44. The number of carbonyl (C=O) groups is 1. The van der Waals surface area contributed by atoms with Gasteiger partial charge in [-0.15, -0.1) is 0 Å². The van der Waals surface area contributed by atoms with Gasteiger partial charge < -0.3 is 0 Å². The molecule has 11 heavy (non-hydrogen) atoms. The molecule has 2 aliphatic rings. The highest BCUT2D eigenvalue weighted by Crippen LogP contribution is 2.24. The predicted molar refractivity (Wildman–Crippen MR) is 36.8 cm³/mol. The second-order valence-corrected chi connectivity index (χ2v) is 4.36. The maximum atomic E-state index is 11.0. The van der Waals surface area contributed by atoms with Gasteiger partial charge in [0, 0.05) is 6.54 Å². The van der Waals surface area contributed by atoms with Crippen molar-refractivity contribution in [2.45, 2.75) is 18.9 Å². The van der Waals surface area contributed by atoms with E-state index in [0.29, 0.717) is 13.0 Å². The van der Waals surface area contributed by atoms with Gasteiger partial charge in [0.2, 0.25) is 0 Å². The molecule has 6 heteroatoms. The zero-order valence-corrected chi connectivity index (χ0v) is 6.60. The highest BCUT2D eigenvalue weighted by Gasteiger charge is 2.46. The molecule has 2 saturated heterocycles. The summed E-state index contributed by atoms with van der Waals surface area (Å²) in [4.78, 5) is 10.9. The van der Waals surface area contributed by atoms with Gasteiger partial charge >= 0.3 is 10.2 Å². The van der Waals surface area contributed by atoms with Crippen LogP contribution in [-0.4, -0.2) is 31.2 Å². The smallest absolute Gasteiger partial charge is 0.272 e. The Kier molecular flexibility index (Phi) is 1.25. The fraction of sp³-hybridized carbons (Fsp3) is 0.800. The number of carbonyl (C=O) groups excluding carboxylic acids is 1. The lowest BCUT2D eigenvalue weighted by atomic mass is 10.2. The van der Waals surface area contributed by atoms with Crippen molar-refractivity contribution in [1.29, 1.82) is 0 Å². The molecule has 1 amide bonds. The van der Waals surface area contributed by atoms with Crippen molar-refractivity contribution in [2.75, 3.05) is 6.54 Å². The van der Waals surface area contributed by atoms with E-state index in [1.165, 1.54) is 4.31 Å². The van der Waals surface area contributed by atoms with Gasteiger partial charge in [-0.25, -0.2) is 4.72 Å². The lowest BCUT2D eigenvalue weighted by Crippen LogP contribution is -2.29. The summed E-state index contributed by atoms with van der Waals surface area (Å²) in [6, 6.07) is -0.417. The fourth-order valence-corrected chi connectivity index (χ4v) is 2.96. The van der Waals surface area contributed by atoms with Crippen molar-refractivity contribution >= 4 is 16.1 Å². The van der Waals surface area contributed by atoms with E-state index in [4.69, 9.17) is 0 Å². The van der Waals surface area contributed by atoms with Gasteiger partial charge in [-0.3, -0.25) is 4.79 Å². The van der Waals surface area contributed by atoms with Crippen LogP contribution in [0.15, 0.2) is 0 Å². The topological polar surface area (TPSA) is 66.5 Å². The van der Waals surface area contributed by atoms with Crippen LogP contribution in [0.3, 0.4) is 0 Å². The van der Waals surface area contributed by atoms with Gasteiger partial charge in [-0.1, -0.05) is 0 Å². The summed E-state index contributed by atoms with van der Waals surface area (Å²) >= 11 is 0. The second kappa shape index (κ2) is 1.95. The Morgan fingerprint density at radius 1 is 1.55 bits per heavy atom. The SMILES string of the molecule is O=C1NS(=O)(=O)N2CCC[C@@H]12. The van der Waals surface area contributed by atoms with Crippen LogP contribution < -0.4 is 4.72 Å². The van der Waals surface area contributed by atoms with Crippen LogP contribution in [0.25, 0.3) is 0 Å². The molecule has 0 spiro atoms. The molecule has 2 aliphatic heterocycles. The van der Waals surface area contributed by atoms with Gasteiger partial charge in [0.1, 0.15) is 6.04 Å². The monoisotopic (exact) mass is 176 g/mol. The lowest BCUT2D eigenvalue weighted by molar-refractivity contribution is -0.120. The van der Waals surface area contributed by atoms with Gasteiger partial charge in [0.05, 0.1) is 0 Å². The molecule has 0 radical (unpaired) electrons. The first kappa shape index (κ1) is 7.05. The van der Waals surface area contributed by atoms with Crippen molar-refractivity contribution in [2.24, 2.45) is 0 Å². The molecule has 1 N–H and O–H groups in total. The van der Waals surface area contributed by atoms with Crippen LogP contribution in [0.4, 0.5) is 0 Å². The Balaban J connectivity index is 2.42. The third kappa shape index (κ3) is 0.860. The van der Waals surface area contributed by atoms with Gasteiger partial charge in [-0.2, -0.15) is 12.7 Å². The van der Waals surface area contributed by atoms with E-state index in [2.05, 4.69) is 0 Å². The standard InChI is InChI=1S/C5H8N2O3S/c8-5-4-2-1-3-7(4)11(9,10)6-5/h4H,1-3H2,(H,6,8)/t4-/m0/s1. The molecule has 0 aliphatic carbocycles. The van der Waals surface area contributed by atoms with E-state index in [9.17, 15) is 13.2 Å². The number of hydrogen-bond donors (Lipinski definition) is 1. The number of fused-ring (bicyclic) bond motifs is 1. The Morgan fingerprint density at radius 2 is 2.27 bits per heavy atom. The van der Waals surface area contributed by atoms with Crippen molar-refractivity contribution in [1.82, 2.24) is 9.03 Å². The van der Waals surface area contributed by atoms with Crippen molar-refractivity contribution in [3.05, 3.63) is 0 Å². The largest absolute Gasteiger partial charge is 0.304 e. The third-order valence-corrected chi connectivity index (χ3v) is 3.56. The molecule has 2 fully saturated rings. The fourth-order valence-electron chi connectivity index (χ4n) is 1.54. The molecule has 0 bridgehead atoms. The molecular weight excluding hydrogens is 168 g/mol. The van der Waals surface area contributed by atoms with Crippen LogP contribution in [0, 0.1) is 0 Å². The minimum absolute atomic E-state index is 0.373. The van der Waals surface area contributed by atoms with Crippen LogP contribution in [0.1, 0.15) is 12.8 Å². The Labute approximate surface area is 64.6 Å². The minimum atomic E-state index is -3.44. The molecule has 0 unspecified atom stereocenters. The number of nitrogens with zero attached hydrogens (tertiary/aromatic N) is 1. The first-order valence-electron chi connectivity index (χ1n) is 3.45. The van der Waals surface area contributed by atoms with Gasteiger partial charge in [0.25, 0.3) is 5.91 Å². The van der Waals surface area contributed by atoms with Crippen molar-refractivity contribution < 1.29 is 13.2 Å². The van der Waals surface area contributed by atoms with E-state index in [-0.39, 0.29) is 5.91 Å². The van der Waals surface area contributed by atoms with Crippen molar-refractivity contribution in [3.63, 3.8) is 0 Å². The summed E-state index contributed by atoms with van der Waals surface area (Å²) < 4.78 is 25.3. The highest BCUT2D eigenvalue weighted by atomic mass is 32.2. The number of rotatable bonds is 0. The first-order chi connectivity index (χ1) is 5.11. The summed E-state index contributed by atoms with van der Waals surface area (Å²) in [5.74, 6) is -0.373. The van der Waals surface area contributed by atoms with E-state index in [1.54, 1.807) is 0 Å². The average molecular weight is 176 g/mol. The average Bonchev–Trinajstić information content (AvgIpc) is 2.37. The molecule has 1 atom stereocenters. The van der Waals surface area contributed by atoms with Crippen LogP contribution in [-0.2, 0) is 15.0 Å². The molecule has 5 nitrogen and oxygen atoms in total. The second-order valence-electron chi connectivity index (χ2n) is 2.74. The highest BCUT2D eigenvalue weighted by molar-refractivity contribution is 7.88. The molecule has 2 rings (SSSR count). The zero-order chi connectivity index (χ0) is 8.06.